The van der Waals surface area contributed by atoms with E-state index in [9.17, 15) is 4.39 Å². The zero-order chi connectivity index (χ0) is 9.03. The van der Waals surface area contributed by atoms with Crippen LogP contribution in [0.4, 0.5) is 4.39 Å². The molecule has 3 heteroatoms. The molecule has 0 aromatic carbocycles. The summed E-state index contributed by atoms with van der Waals surface area (Å²) in [6.45, 7) is 3.68. The van der Waals surface area contributed by atoms with Gasteiger partial charge in [0.15, 0.2) is 5.89 Å². The number of hydrogen-bond acceptors (Lipinski definition) is 2. The van der Waals surface area contributed by atoms with Crippen LogP contribution in [0.15, 0.2) is 16.9 Å². The number of rotatable bonds is 4. The molecule has 0 fully saturated rings. The molecule has 0 radical (unpaired) electrons. The first kappa shape index (κ1) is 9.23. The van der Waals surface area contributed by atoms with Crippen molar-refractivity contribution in [2.45, 2.75) is 38.8 Å². The minimum absolute atomic E-state index is 0.285. The van der Waals surface area contributed by atoms with Gasteiger partial charge in [-0.2, -0.15) is 0 Å². The van der Waals surface area contributed by atoms with Gasteiger partial charge in [-0.05, 0) is 12.8 Å². The number of hydrogen-bond donors (Lipinski definition) is 0. The summed E-state index contributed by atoms with van der Waals surface area (Å²) in [7, 11) is 0. The molecule has 0 N–H and O–H groups in total. The second-order valence-electron chi connectivity index (χ2n) is 2.96. The molecule has 12 heavy (non-hydrogen) atoms. The summed E-state index contributed by atoms with van der Waals surface area (Å²) in [6, 6.07) is 0. The van der Waals surface area contributed by atoms with E-state index >= 15 is 0 Å². The molecule has 0 bridgehead atoms. The number of halogens is 1. The van der Waals surface area contributed by atoms with Gasteiger partial charge in [0.2, 0.25) is 0 Å². The van der Waals surface area contributed by atoms with E-state index in [0.29, 0.717) is 18.7 Å². The number of oxazole rings is 1. The lowest BCUT2D eigenvalue weighted by Crippen LogP contribution is -2.23. The fourth-order valence-corrected chi connectivity index (χ4v) is 1.11. The average molecular weight is 171 g/mol. The maximum atomic E-state index is 13.7. The van der Waals surface area contributed by atoms with Gasteiger partial charge in [-0.1, -0.05) is 13.8 Å². The predicted molar refractivity (Wildman–Crippen MR) is 44.6 cm³/mol. The van der Waals surface area contributed by atoms with E-state index in [2.05, 4.69) is 4.98 Å². The fourth-order valence-electron chi connectivity index (χ4n) is 1.11. The maximum Gasteiger partial charge on any atom is 0.197 e. The zero-order valence-corrected chi connectivity index (χ0v) is 7.51. The van der Waals surface area contributed by atoms with Gasteiger partial charge in [0, 0.05) is 0 Å². The summed E-state index contributed by atoms with van der Waals surface area (Å²) in [4.78, 5) is 3.89. The van der Waals surface area contributed by atoms with E-state index in [4.69, 9.17) is 4.42 Å². The topological polar surface area (TPSA) is 26.0 Å². The van der Waals surface area contributed by atoms with Gasteiger partial charge in [-0.3, -0.25) is 0 Å². The number of alkyl halides is 1. The van der Waals surface area contributed by atoms with Gasteiger partial charge in [0.05, 0.1) is 12.6 Å². The highest BCUT2D eigenvalue weighted by atomic mass is 19.1. The van der Waals surface area contributed by atoms with Gasteiger partial charge in [-0.15, -0.1) is 0 Å². The second kappa shape index (κ2) is 3.70. The largest absolute Gasteiger partial charge is 0.449 e. The van der Waals surface area contributed by atoms with Crippen molar-refractivity contribution < 1.29 is 8.81 Å². The Hall–Kier alpha value is -0.860. The molecule has 0 unspecified atom stereocenters. The molecule has 0 saturated heterocycles. The number of nitrogens with zero attached hydrogens (tertiary/aromatic N) is 1. The van der Waals surface area contributed by atoms with Crippen molar-refractivity contribution >= 4 is 0 Å². The van der Waals surface area contributed by atoms with Crippen molar-refractivity contribution in [2.75, 3.05) is 0 Å². The third-order valence-electron chi connectivity index (χ3n) is 2.22. The Morgan fingerprint density at radius 2 is 2.17 bits per heavy atom. The molecule has 0 spiro atoms. The van der Waals surface area contributed by atoms with Crippen molar-refractivity contribution in [2.24, 2.45) is 0 Å². The first-order valence-electron chi connectivity index (χ1n) is 4.27. The molecule has 68 valence electrons. The fraction of sp³-hybridized carbons (Fsp3) is 0.667. The zero-order valence-electron chi connectivity index (χ0n) is 7.51. The molecule has 0 aliphatic carbocycles. The summed E-state index contributed by atoms with van der Waals surface area (Å²) >= 11 is 0. The Morgan fingerprint density at radius 1 is 1.50 bits per heavy atom. The SMILES string of the molecule is CCC(F)(CC)Cc1ncco1. The molecular formula is C9H14FNO. The lowest BCUT2D eigenvalue weighted by molar-refractivity contribution is 0.140. The highest BCUT2D eigenvalue weighted by Crippen LogP contribution is 2.24. The van der Waals surface area contributed by atoms with Crippen LogP contribution in [-0.4, -0.2) is 10.7 Å². The van der Waals surface area contributed by atoms with Crippen molar-refractivity contribution in [3.05, 3.63) is 18.4 Å². The Labute approximate surface area is 71.8 Å². The van der Waals surface area contributed by atoms with Crippen LogP contribution in [0.2, 0.25) is 0 Å². The minimum Gasteiger partial charge on any atom is -0.449 e. The summed E-state index contributed by atoms with van der Waals surface area (Å²) in [5.41, 5.74) is -1.15. The van der Waals surface area contributed by atoms with Crippen molar-refractivity contribution in [1.29, 1.82) is 0 Å². The van der Waals surface area contributed by atoms with E-state index in [1.54, 1.807) is 6.20 Å². The molecule has 0 saturated carbocycles. The van der Waals surface area contributed by atoms with Crippen LogP contribution >= 0.6 is 0 Å². The molecule has 0 aliphatic rings. The van der Waals surface area contributed by atoms with Gasteiger partial charge in [0.25, 0.3) is 0 Å². The van der Waals surface area contributed by atoms with Crippen molar-refractivity contribution in [1.82, 2.24) is 4.98 Å². The lowest BCUT2D eigenvalue weighted by atomic mass is 9.96. The van der Waals surface area contributed by atoms with Gasteiger partial charge < -0.3 is 4.42 Å². The van der Waals surface area contributed by atoms with E-state index in [1.807, 2.05) is 13.8 Å². The van der Waals surface area contributed by atoms with Crippen molar-refractivity contribution in [3.63, 3.8) is 0 Å². The Kier molecular flexibility index (Phi) is 2.84. The molecule has 0 atom stereocenters. The normalized spacial score (nSPS) is 11.9. The first-order valence-corrected chi connectivity index (χ1v) is 4.27. The van der Waals surface area contributed by atoms with E-state index in [-0.39, 0.29) is 6.42 Å². The molecule has 1 rings (SSSR count). The molecule has 1 aromatic rings. The molecule has 0 aliphatic heterocycles. The third kappa shape index (κ3) is 2.06. The number of aromatic nitrogens is 1. The molecule has 2 nitrogen and oxygen atoms in total. The van der Waals surface area contributed by atoms with Gasteiger partial charge in [-0.25, -0.2) is 9.37 Å². The second-order valence-corrected chi connectivity index (χ2v) is 2.96. The van der Waals surface area contributed by atoms with Crippen LogP contribution < -0.4 is 0 Å². The van der Waals surface area contributed by atoms with Crippen LogP contribution in [0, 0.1) is 0 Å². The maximum absolute atomic E-state index is 13.7. The quantitative estimate of drug-likeness (QED) is 0.696. The van der Waals surface area contributed by atoms with E-state index in [0.717, 1.165) is 0 Å². The highest BCUT2D eigenvalue weighted by molar-refractivity contribution is 4.90. The first-order chi connectivity index (χ1) is 5.70. The third-order valence-corrected chi connectivity index (χ3v) is 2.22. The summed E-state index contributed by atoms with van der Waals surface area (Å²) in [5, 5.41) is 0. The molecule has 1 heterocycles. The summed E-state index contributed by atoms with van der Waals surface area (Å²) in [6.07, 6.45) is 4.31. The predicted octanol–water partition coefficient (Wildman–Crippen LogP) is 2.75. The van der Waals surface area contributed by atoms with Gasteiger partial charge >= 0.3 is 0 Å². The summed E-state index contributed by atoms with van der Waals surface area (Å²) in [5.74, 6) is 0.487. The standard InChI is InChI=1S/C9H14FNO/c1-3-9(10,4-2)7-8-11-5-6-12-8/h5-6H,3-4,7H2,1-2H3. The van der Waals surface area contributed by atoms with Crippen LogP contribution in [0.3, 0.4) is 0 Å². The lowest BCUT2D eigenvalue weighted by Gasteiger charge is -2.19. The minimum atomic E-state index is -1.15. The van der Waals surface area contributed by atoms with Gasteiger partial charge in [0.1, 0.15) is 11.9 Å². The smallest absolute Gasteiger partial charge is 0.197 e. The van der Waals surface area contributed by atoms with Crippen molar-refractivity contribution in [3.8, 4) is 0 Å². The Bertz CT molecular complexity index is 216. The average Bonchev–Trinajstić information content (AvgIpc) is 2.57. The van der Waals surface area contributed by atoms with Crippen LogP contribution in [0.1, 0.15) is 32.6 Å². The van der Waals surface area contributed by atoms with Crippen LogP contribution in [-0.2, 0) is 6.42 Å². The molecular weight excluding hydrogens is 157 g/mol. The van der Waals surface area contributed by atoms with E-state index in [1.165, 1.54) is 6.26 Å². The monoisotopic (exact) mass is 171 g/mol. The highest BCUT2D eigenvalue weighted by Gasteiger charge is 2.27. The van der Waals surface area contributed by atoms with Crippen LogP contribution in [0.25, 0.3) is 0 Å². The Morgan fingerprint density at radius 3 is 2.58 bits per heavy atom. The molecule has 0 amide bonds. The Balaban J connectivity index is 2.60. The molecule has 1 aromatic heterocycles. The van der Waals surface area contributed by atoms with E-state index < -0.39 is 5.67 Å². The van der Waals surface area contributed by atoms with Crippen LogP contribution in [0.5, 0.6) is 0 Å². The summed E-state index contributed by atoms with van der Waals surface area (Å²) < 4.78 is 18.7.